The quantitative estimate of drug-likeness (QED) is 0.365. The molecule has 0 heterocycles. The van der Waals surface area contributed by atoms with Crippen LogP contribution in [0.1, 0.15) is 24.5 Å². The number of hydrogen-bond acceptors (Lipinski definition) is 4. The molecule has 32 heavy (non-hydrogen) atoms. The summed E-state index contributed by atoms with van der Waals surface area (Å²) in [6, 6.07) is 14.5. The van der Waals surface area contributed by atoms with Crippen molar-refractivity contribution in [3.63, 3.8) is 0 Å². The molecule has 2 aromatic carbocycles. The summed E-state index contributed by atoms with van der Waals surface area (Å²) in [5.41, 5.74) is 12.4. The highest BCUT2D eigenvalue weighted by molar-refractivity contribution is 9.10. The van der Waals surface area contributed by atoms with Crippen molar-refractivity contribution in [2.75, 3.05) is 0 Å². The molecule has 3 atom stereocenters. The molecular formula is C23H27BrN4O4. The second-order valence-corrected chi connectivity index (χ2v) is 8.53. The van der Waals surface area contributed by atoms with E-state index >= 15 is 0 Å². The Labute approximate surface area is 195 Å². The third kappa shape index (κ3) is 8.14. The number of nitrogens with two attached hydrogens (primary N) is 2. The molecule has 2 rings (SSSR count). The van der Waals surface area contributed by atoms with Crippen LogP contribution in [0.25, 0.3) is 0 Å². The van der Waals surface area contributed by atoms with Crippen molar-refractivity contribution >= 4 is 39.6 Å². The summed E-state index contributed by atoms with van der Waals surface area (Å²) in [6.07, 6.45) is 0.262. The Morgan fingerprint density at radius 3 is 1.94 bits per heavy atom. The molecule has 6 N–H and O–H groups in total. The van der Waals surface area contributed by atoms with Gasteiger partial charge in [-0.3, -0.25) is 19.2 Å². The van der Waals surface area contributed by atoms with E-state index in [1.54, 1.807) is 0 Å². The Morgan fingerprint density at radius 2 is 1.38 bits per heavy atom. The van der Waals surface area contributed by atoms with E-state index in [2.05, 4.69) is 26.6 Å². The van der Waals surface area contributed by atoms with E-state index in [1.165, 1.54) is 6.92 Å². The van der Waals surface area contributed by atoms with E-state index in [1.807, 2.05) is 54.6 Å². The van der Waals surface area contributed by atoms with Crippen LogP contribution < -0.4 is 22.1 Å². The highest BCUT2D eigenvalue weighted by Crippen LogP contribution is 2.12. The largest absolute Gasteiger partial charge is 0.369 e. The Balaban J connectivity index is 2.14. The zero-order chi connectivity index (χ0) is 23.7. The van der Waals surface area contributed by atoms with Crippen LogP contribution in [0.3, 0.4) is 0 Å². The highest BCUT2D eigenvalue weighted by atomic mass is 79.9. The molecule has 0 saturated heterocycles. The van der Waals surface area contributed by atoms with Gasteiger partial charge in [0, 0.05) is 29.7 Å². The number of halogens is 1. The van der Waals surface area contributed by atoms with Gasteiger partial charge < -0.3 is 22.1 Å². The normalized spacial score (nSPS) is 13.4. The second kappa shape index (κ2) is 12.0. The summed E-state index contributed by atoms with van der Waals surface area (Å²) in [6.45, 7) is 1.54. The maximum absolute atomic E-state index is 13.0. The first-order valence-corrected chi connectivity index (χ1v) is 10.9. The molecule has 170 valence electrons. The van der Waals surface area contributed by atoms with E-state index in [0.29, 0.717) is 0 Å². The number of carbonyl (C=O) groups is 4. The van der Waals surface area contributed by atoms with Gasteiger partial charge in [-0.05, 0) is 23.3 Å². The molecule has 8 nitrogen and oxygen atoms in total. The van der Waals surface area contributed by atoms with E-state index in [-0.39, 0.29) is 19.3 Å². The Hall–Kier alpha value is -3.20. The van der Waals surface area contributed by atoms with Gasteiger partial charge in [-0.25, -0.2) is 0 Å². The van der Waals surface area contributed by atoms with E-state index < -0.39 is 41.6 Å². The Bertz CT molecular complexity index is 950. The molecule has 4 amide bonds. The molecule has 0 radical (unpaired) electrons. The molecule has 0 aliphatic heterocycles. The summed E-state index contributed by atoms with van der Waals surface area (Å²) in [5, 5.41) is 5.30. The predicted molar refractivity (Wildman–Crippen MR) is 124 cm³/mol. The average Bonchev–Trinajstić information content (AvgIpc) is 2.74. The summed E-state index contributed by atoms with van der Waals surface area (Å²) in [5.74, 6) is -3.00. The van der Waals surface area contributed by atoms with Crippen molar-refractivity contribution in [1.29, 1.82) is 0 Å². The zero-order valence-corrected chi connectivity index (χ0v) is 19.3. The summed E-state index contributed by atoms with van der Waals surface area (Å²) >= 11 is 3.35. The molecule has 0 spiro atoms. The number of primary amides is 2. The first-order chi connectivity index (χ1) is 15.2. The summed E-state index contributed by atoms with van der Waals surface area (Å²) < 4.78 is 0.886. The van der Waals surface area contributed by atoms with Crippen LogP contribution in [0.4, 0.5) is 0 Å². The van der Waals surface area contributed by atoms with Crippen molar-refractivity contribution in [2.45, 2.75) is 38.3 Å². The third-order valence-electron chi connectivity index (χ3n) is 4.92. The van der Waals surface area contributed by atoms with Gasteiger partial charge in [-0.15, -0.1) is 0 Å². The standard InChI is InChI=1S/C23H27BrN4O4/c1-14(21(25)30)11-20(29)27-19(13-15-5-3-2-4-6-15)23(32)28-18(22(26)31)12-16-7-9-17(24)10-8-16/h2-10,14,18-19H,11-13H2,1H3,(H2,25,30)(H2,26,31)(H,27,29)(H,28,32)/t14-,18+,19-/m1/s1. The molecular weight excluding hydrogens is 476 g/mol. The lowest BCUT2D eigenvalue weighted by Gasteiger charge is -2.23. The van der Waals surface area contributed by atoms with Crippen LogP contribution in [0.15, 0.2) is 59.1 Å². The van der Waals surface area contributed by atoms with Crippen molar-refractivity contribution in [1.82, 2.24) is 10.6 Å². The van der Waals surface area contributed by atoms with E-state index in [0.717, 1.165) is 15.6 Å². The van der Waals surface area contributed by atoms with Gasteiger partial charge in [0.25, 0.3) is 0 Å². The monoisotopic (exact) mass is 502 g/mol. The van der Waals surface area contributed by atoms with Crippen LogP contribution >= 0.6 is 15.9 Å². The molecule has 0 aliphatic rings. The molecule has 2 aromatic rings. The third-order valence-corrected chi connectivity index (χ3v) is 5.45. The number of benzene rings is 2. The molecule has 9 heteroatoms. The van der Waals surface area contributed by atoms with E-state index in [9.17, 15) is 19.2 Å². The summed E-state index contributed by atoms with van der Waals surface area (Å²) in [7, 11) is 0. The average molecular weight is 503 g/mol. The van der Waals surface area contributed by atoms with Gasteiger partial charge in [0.05, 0.1) is 0 Å². The number of nitrogens with one attached hydrogen (secondary N) is 2. The minimum absolute atomic E-state index is 0.147. The number of carbonyl (C=O) groups excluding carboxylic acids is 4. The maximum atomic E-state index is 13.0. The maximum Gasteiger partial charge on any atom is 0.243 e. The predicted octanol–water partition coefficient (Wildman–Crippen LogP) is 1.20. The fourth-order valence-corrected chi connectivity index (χ4v) is 3.31. The SMILES string of the molecule is C[C@H](CC(=O)N[C@H](Cc1ccccc1)C(=O)N[C@@H](Cc1ccc(Br)cc1)C(N)=O)C(N)=O. The van der Waals surface area contributed by atoms with Crippen LogP contribution in [0.2, 0.25) is 0 Å². The minimum Gasteiger partial charge on any atom is -0.369 e. The van der Waals surface area contributed by atoms with Gasteiger partial charge in [0.15, 0.2) is 0 Å². The number of rotatable bonds is 11. The topological polar surface area (TPSA) is 144 Å². The van der Waals surface area contributed by atoms with Crippen molar-refractivity contribution in [2.24, 2.45) is 17.4 Å². The lowest BCUT2D eigenvalue weighted by Crippen LogP contribution is -2.54. The van der Waals surface area contributed by atoms with Crippen LogP contribution in [-0.4, -0.2) is 35.7 Å². The molecule has 0 saturated carbocycles. The van der Waals surface area contributed by atoms with Gasteiger partial charge in [-0.1, -0.05) is 65.3 Å². The lowest BCUT2D eigenvalue weighted by atomic mass is 10.0. The smallest absolute Gasteiger partial charge is 0.243 e. The molecule has 0 aromatic heterocycles. The van der Waals surface area contributed by atoms with Crippen LogP contribution in [0, 0.1) is 5.92 Å². The van der Waals surface area contributed by atoms with Gasteiger partial charge >= 0.3 is 0 Å². The lowest BCUT2D eigenvalue weighted by molar-refractivity contribution is -0.132. The fraction of sp³-hybridized carbons (Fsp3) is 0.304. The zero-order valence-electron chi connectivity index (χ0n) is 17.7. The molecule has 0 fully saturated rings. The van der Waals surface area contributed by atoms with Crippen LogP contribution in [-0.2, 0) is 32.0 Å². The van der Waals surface area contributed by atoms with Gasteiger partial charge in [-0.2, -0.15) is 0 Å². The van der Waals surface area contributed by atoms with Gasteiger partial charge in [0.1, 0.15) is 12.1 Å². The van der Waals surface area contributed by atoms with Crippen molar-refractivity contribution < 1.29 is 19.2 Å². The van der Waals surface area contributed by atoms with E-state index in [4.69, 9.17) is 11.5 Å². The van der Waals surface area contributed by atoms with Gasteiger partial charge in [0.2, 0.25) is 23.6 Å². The molecule has 0 aliphatic carbocycles. The second-order valence-electron chi connectivity index (χ2n) is 7.61. The first kappa shape index (κ1) is 25.1. The van der Waals surface area contributed by atoms with Crippen LogP contribution in [0.5, 0.6) is 0 Å². The molecule has 0 bridgehead atoms. The fourth-order valence-electron chi connectivity index (χ4n) is 3.04. The number of hydrogen-bond donors (Lipinski definition) is 4. The number of amides is 4. The first-order valence-electron chi connectivity index (χ1n) is 10.1. The Kier molecular flexibility index (Phi) is 9.39. The Morgan fingerprint density at radius 1 is 0.812 bits per heavy atom. The van der Waals surface area contributed by atoms with Crippen molar-refractivity contribution in [3.8, 4) is 0 Å². The molecule has 0 unspecified atom stereocenters. The highest BCUT2D eigenvalue weighted by Gasteiger charge is 2.27. The summed E-state index contributed by atoms with van der Waals surface area (Å²) in [4.78, 5) is 48.7. The van der Waals surface area contributed by atoms with Crippen molar-refractivity contribution in [3.05, 3.63) is 70.2 Å². The minimum atomic E-state index is -0.961.